The van der Waals surface area contributed by atoms with E-state index in [0.717, 1.165) is 19.0 Å². The molecule has 2 heterocycles. The predicted molar refractivity (Wildman–Crippen MR) is 58.6 cm³/mol. The van der Waals surface area contributed by atoms with Crippen LogP contribution < -0.4 is 5.32 Å². The van der Waals surface area contributed by atoms with E-state index in [-0.39, 0.29) is 0 Å². The first-order chi connectivity index (χ1) is 6.75. The Balaban J connectivity index is 2.10. The summed E-state index contributed by atoms with van der Waals surface area (Å²) in [4.78, 5) is 4.12. The van der Waals surface area contributed by atoms with Gasteiger partial charge in [-0.05, 0) is 36.4 Å². The lowest BCUT2D eigenvalue weighted by Gasteiger charge is -2.27. The highest BCUT2D eigenvalue weighted by molar-refractivity contribution is 6.29. The van der Waals surface area contributed by atoms with Crippen LogP contribution in [0.5, 0.6) is 0 Å². The van der Waals surface area contributed by atoms with E-state index in [2.05, 4.69) is 23.3 Å². The first kappa shape index (κ1) is 9.94. The third-order valence-electron chi connectivity index (χ3n) is 2.79. The molecule has 0 spiro atoms. The largest absolute Gasteiger partial charge is 0.316 e. The van der Waals surface area contributed by atoms with Gasteiger partial charge in [0.1, 0.15) is 5.15 Å². The van der Waals surface area contributed by atoms with Gasteiger partial charge in [0.05, 0.1) is 0 Å². The summed E-state index contributed by atoms with van der Waals surface area (Å²) in [6, 6.07) is 3.95. The topological polar surface area (TPSA) is 24.9 Å². The smallest absolute Gasteiger partial charge is 0.129 e. The summed E-state index contributed by atoms with van der Waals surface area (Å²) in [6.45, 7) is 4.48. The number of aromatic nitrogens is 1. The third kappa shape index (κ3) is 2.25. The molecule has 0 amide bonds. The molecule has 1 N–H and O–H groups in total. The molecule has 0 aliphatic carbocycles. The van der Waals surface area contributed by atoms with Gasteiger partial charge in [-0.1, -0.05) is 24.6 Å². The SMILES string of the molecule is C[C@@H]1CNC[C@H](c2ccc(Cl)nc2)C1. The molecule has 1 aromatic heterocycles. The Hall–Kier alpha value is -0.600. The lowest BCUT2D eigenvalue weighted by atomic mass is 9.87. The number of pyridine rings is 1. The Morgan fingerprint density at radius 2 is 2.29 bits per heavy atom. The first-order valence-corrected chi connectivity index (χ1v) is 5.45. The molecule has 1 aromatic rings. The van der Waals surface area contributed by atoms with Gasteiger partial charge in [-0.3, -0.25) is 0 Å². The fourth-order valence-electron chi connectivity index (χ4n) is 2.04. The average Bonchev–Trinajstić information content (AvgIpc) is 2.19. The molecule has 1 aliphatic rings. The summed E-state index contributed by atoms with van der Waals surface area (Å²) < 4.78 is 0. The molecule has 1 saturated heterocycles. The third-order valence-corrected chi connectivity index (χ3v) is 3.02. The quantitative estimate of drug-likeness (QED) is 0.721. The lowest BCUT2D eigenvalue weighted by molar-refractivity contribution is 0.363. The zero-order valence-corrected chi connectivity index (χ0v) is 9.09. The molecule has 2 rings (SSSR count). The normalized spacial score (nSPS) is 27.6. The molecule has 0 radical (unpaired) electrons. The summed E-state index contributed by atoms with van der Waals surface area (Å²) in [5, 5.41) is 4.01. The van der Waals surface area contributed by atoms with Crippen molar-refractivity contribution in [2.45, 2.75) is 19.3 Å². The lowest BCUT2D eigenvalue weighted by Crippen LogP contribution is -2.33. The van der Waals surface area contributed by atoms with Gasteiger partial charge in [-0.15, -0.1) is 0 Å². The fourth-order valence-corrected chi connectivity index (χ4v) is 2.15. The van der Waals surface area contributed by atoms with Gasteiger partial charge in [0.2, 0.25) is 0 Å². The highest BCUT2D eigenvalue weighted by atomic mass is 35.5. The molecule has 14 heavy (non-hydrogen) atoms. The van der Waals surface area contributed by atoms with E-state index in [4.69, 9.17) is 11.6 Å². The Bertz CT molecular complexity index is 297. The fraction of sp³-hybridized carbons (Fsp3) is 0.545. The number of nitrogens with one attached hydrogen (secondary N) is 1. The summed E-state index contributed by atoms with van der Waals surface area (Å²) in [5.74, 6) is 1.35. The first-order valence-electron chi connectivity index (χ1n) is 5.08. The second-order valence-electron chi connectivity index (χ2n) is 4.11. The molecule has 2 nitrogen and oxygen atoms in total. The highest BCUT2D eigenvalue weighted by Crippen LogP contribution is 2.25. The van der Waals surface area contributed by atoms with Crippen molar-refractivity contribution in [3.8, 4) is 0 Å². The maximum Gasteiger partial charge on any atom is 0.129 e. The van der Waals surface area contributed by atoms with E-state index in [1.54, 1.807) is 0 Å². The average molecular weight is 211 g/mol. The highest BCUT2D eigenvalue weighted by Gasteiger charge is 2.19. The zero-order chi connectivity index (χ0) is 9.97. The molecule has 1 aliphatic heterocycles. The van der Waals surface area contributed by atoms with E-state index < -0.39 is 0 Å². The zero-order valence-electron chi connectivity index (χ0n) is 8.33. The molecular weight excluding hydrogens is 196 g/mol. The van der Waals surface area contributed by atoms with Crippen molar-refractivity contribution < 1.29 is 0 Å². The number of nitrogens with zero attached hydrogens (tertiary/aromatic N) is 1. The molecule has 0 bridgehead atoms. The van der Waals surface area contributed by atoms with Crippen molar-refractivity contribution in [1.29, 1.82) is 0 Å². The maximum absolute atomic E-state index is 5.75. The standard InChI is InChI=1S/C11H15ClN2/c1-8-4-10(6-13-5-8)9-2-3-11(12)14-7-9/h2-3,7-8,10,13H,4-6H2,1H3/t8-,10+/m0/s1. The Kier molecular flexibility index (Phi) is 3.04. The number of piperidine rings is 1. The summed E-state index contributed by atoms with van der Waals surface area (Å²) in [6.07, 6.45) is 3.14. The van der Waals surface area contributed by atoms with Crippen molar-refractivity contribution in [1.82, 2.24) is 10.3 Å². The molecule has 0 unspecified atom stereocenters. The second-order valence-corrected chi connectivity index (χ2v) is 4.50. The molecule has 76 valence electrons. The molecular formula is C11H15ClN2. The number of hydrogen-bond donors (Lipinski definition) is 1. The van der Waals surface area contributed by atoms with E-state index >= 15 is 0 Å². The predicted octanol–water partition coefficient (Wildman–Crippen LogP) is 2.45. The van der Waals surface area contributed by atoms with E-state index in [0.29, 0.717) is 11.1 Å². The van der Waals surface area contributed by atoms with E-state index in [9.17, 15) is 0 Å². The summed E-state index contributed by atoms with van der Waals surface area (Å²) in [7, 11) is 0. The molecule has 0 saturated carbocycles. The van der Waals surface area contributed by atoms with Crippen molar-refractivity contribution in [3.63, 3.8) is 0 Å². The van der Waals surface area contributed by atoms with Crippen LogP contribution in [-0.2, 0) is 0 Å². The van der Waals surface area contributed by atoms with Crippen LogP contribution in [0.15, 0.2) is 18.3 Å². The minimum Gasteiger partial charge on any atom is -0.316 e. The van der Waals surface area contributed by atoms with Gasteiger partial charge in [0.25, 0.3) is 0 Å². The molecule has 0 aromatic carbocycles. The van der Waals surface area contributed by atoms with Crippen LogP contribution in [0.2, 0.25) is 5.15 Å². The second kappa shape index (κ2) is 4.28. The van der Waals surface area contributed by atoms with Crippen molar-refractivity contribution in [3.05, 3.63) is 29.0 Å². The van der Waals surface area contributed by atoms with Gasteiger partial charge in [-0.25, -0.2) is 4.98 Å². The van der Waals surface area contributed by atoms with E-state index in [1.165, 1.54) is 12.0 Å². The Labute approximate surface area is 89.7 Å². The van der Waals surface area contributed by atoms with Gasteiger partial charge in [-0.2, -0.15) is 0 Å². The van der Waals surface area contributed by atoms with Crippen LogP contribution in [0.4, 0.5) is 0 Å². The van der Waals surface area contributed by atoms with Crippen molar-refractivity contribution in [2.24, 2.45) is 5.92 Å². The van der Waals surface area contributed by atoms with Crippen LogP contribution in [0, 0.1) is 5.92 Å². The van der Waals surface area contributed by atoms with Gasteiger partial charge >= 0.3 is 0 Å². The molecule has 1 fully saturated rings. The van der Waals surface area contributed by atoms with Crippen LogP contribution in [0.3, 0.4) is 0 Å². The summed E-state index contributed by atoms with van der Waals surface area (Å²) in [5.41, 5.74) is 1.30. The minimum absolute atomic E-state index is 0.575. The van der Waals surface area contributed by atoms with Gasteiger partial charge in [0, 0.05) is 12.7 Å². The number of hydrogen-bond acceptors (Lipinski definition) is 2. The van der Waals surface area contributed by atoms with Crippen LogP contribution in [0.1, 0.15) is 24.8 Å². The van der Waals surface area contributed by atoms with Crippen molar-refractivity contribution in [2.75, 3.05) is 13.1 Å². The molecule has 2 atom stereocenters. The van der Waals surface area contributed by atoms with Crippen molar-refractivity contribution >= 4 is 11.6 Å². The minimum atomic E-state index is 0.575. The summed E-state index contributed by atoms with van der Waals surface area (Å²) >= 11 is 5.75. The van der Waals surface area contributed by atoms with Gasteiger partial charge in [0.15, 0.2) is 0 Å². The van der Waals surface area contributed by atoms with Crippen LogP contribution in [-0.4, -0.2) is 18.1 Å². The molecule has 3 heteroatoms. The Morgan fingerprint density at radius 3 is 2.93 bits per heavy atom. The van der Waals surface area contributed by atoms with Crippen LogP contribution >= 0.6 is 11.6 Å². The Morgan fingerprint density at radius 1 is 1.43 bits per heavy atom. The van der Waals surface area contributed by atoms with Crippen LogP contribution in [0.25, 0.3) is 0 Å². The number of rotatable bonds is 1. The maximum atomic E-state index is 5.75. The van der Waals surface area contributed by atoms with Gasteiger partial charge < -0.3 is 5.32 Å². The monoisotopic (exact) mass is 210 g/mol. The van der Waals surface area contributed by atoms with E-state index in [1.807, 2.05) is 12.3 Å². The number of halogens is 1.